The van der Waals surface area contributed by atoms with Crippen LogP contribution in [0, 0.1) is 0 Å². The van der Waals surface area contributed by atoms with Crippen LogP contribution in [0.5, 0.6) is 0 Å². The van der Waals surface area contributed by atoms with Crippen LogP contribution in [0.4, 0.5) is 0 Å². The number of amides is 2. The first-order valence-corrected chi connectivity index (χ1v) is 9.41. The number of carbonyl (C=O) groups excluding carboxylic acids is 2. The SMILES string of the molecule is CCCN(Cc1cccn1Cc1ccc(C(=O)NC2CC2)o1)C(=O)COC. The summed E-state index contributed by atoms with van der Waals surface area (Å²) in [5.74, 6) is 0.868. The standard InChI is InChI=1S/C20H27N3O4/c1-3-10-23(19(24)14-26-2)12-16-5-4-11-22(16)13-17-8-9-18(27-17)20(25)21-15-6-7-15/h4-5,8-9,11,15H,3,6-7,10,12-14H2,1-2H3,(H,21,25). The fraction of sp³-hybridized carbons (Fsp3) is 0.500. The van der Waals surface area contributed by atoms with Crippen molar-refractivity contribution in [3.63, 3.8) is 0 Å². The Morgan fingerprint density at radius 2 is 2.15 bits per heavy atom. The lowest BCUT2D eigenvalue weighted by Gasteiger charge is -2.22. The number of hydrogen-bond donors (Lipinski definition) is 1. The molecule has 3 rings (SSSR count). The molecule has 2 aromatic rings. The summed E-state index contributed by atoms with van der Waals surface area (Å²) in [5, 5.41) is 2.92. The maximum Gasteiger partial charge on any atom is 0.287 e. The first-order chi connectivity index (χ1) is 13.1. The molecule has 0 aromatic carbocycles. The Morgan fingerprint density at radius 1 is 1.33 bits per heavy atom. The number of carbonyl (C=O) groups is 2. The van der Waals surface area contributed by atoms with Crippen LogP contribution in [0.15, 0.2) is 34.9 Å². The molecule has 0 aliphatic heterocycles. The van der Waals surface area contributed by atoms with Gasteiger partial charge in [0.1, 0.15) is 12.4 Å². The molecule has 7 nitrogen and oxygen atoms in total. The van der Waals surface area contributed by atoms with Gasteiger partial charge in [0.25, 0.3) is 5.91 Å². The van der Waals surface area contributed by atoms with Crippen LogP contribution in [-0.2, 0) is 22.6 Å². The van der Waals surface area contributed by atoms with E-state index < -0.39 is 0 Å². The van der Waals surface area contributed by atoms with Crippen molar-refractivity contribution in [2.24, 2.45) is 0 Å². The summed E-state index contributed by atoms with van der Waals surface area (Å²) in [4.78, 5) is 26.1. The van der Waals surface area contributed by atoms with Crippen LogP contribution in [0.1, 0.15) is 48.2 Å². The summed E-state index contributed by atoms with van der Waals surface area (Å²) >= 11 is 0. The number of furan rings is 1. The molecular formula is C20H27N3O4. The van der Waals surface area contributed by atoms with E-state index in [-0.39, 0.29) is 18.4 Å². The molecule has 1 saturated carbocycles. The predicted octanol–water partition coefficient (Wildman–Crippen LogP) is 2.41. The molecule has 1 N–H and O–H groups in total. The van der Waals surface area contributed by atoms with Gasteiger partial charge in [-0.15, -0.1) is 0 Å². The molecule has 7 heteroatoms. The minimum absolute atomic E-state index is 0.0240. The van der Waals surface area contributed by atoms with Crippen LogP contribution >= 0.6 is 0 Å². The summed E-state index contributed by atoms with van der Waals surface area (Å²) in [7, 11) is 1.53. The van der Waals surface area contributed by atoms with Crippen molar-refractivity contribution in [1.29, 1.82) is 0 Å². The minimum atomic E-state index is -0.157. The Bertz CT molecular complexity index is 776. The molecule has 1 aliphatic carbocycles. The first kappa shape index (κ1) is 19.2. The van der Waals surface area contributed by atoms with Crippen LogP contribution in [-0.4, -0.2) is 47.6 Å². The fourth-order valence-corrected chi connectivity index (χ4v) is 2.96. The van der Waals surface area contributed by atoms with Gasteiger partial charge in [-0.2, -0.15) is 0 Å². The van der Waals surface area contributed by atoms with Crippen molar-refractivity contribution < 1.29 is 18.7 Å². The monoisotopic (exact) mass is 373 g/mol. The van der Waals surface area contributed by atoms with Gasteiger partial charge in [0.15, 0.2) is 5.76 Å². The van der Waals surface area contributed by atoms with E-state index in [4.69, 9.17) is 9.15 Å². The molecule has 2 heterocycles. The fourth-order valence-electron chi connectivity index (χ4n) is 2.96. The highest BCUT2D eigenvalue weighted by Gasteiger charge is 2.25. The summed E-state index contributed by atoms with van der Waals surface area (Å²) in [5.41, 5.74) is 1.01. The van der Waals surface area contributed by atoms with Crippen LogP contribution < -0.4 is 5.32 Å². The Labute approximate surface area is 159 Å². The van der Waals surface area contributed by atoms with Gasteiger partial charge in [-0.3, -0.25) is 9.59 Å². The van der Waals surface area contributed by atoms with Gasteiger partial charge in [0, 0.05) is 31.6 Å². The second kappa shape index (κ2) is 8.90. The largest absolute Gasteiger partial charge is 0.454 e. The van der Waals surface area contributed by atoms with E-state index in [0.29, 0.717) is 37.2 Å². The summed E-state index contributed by atoms with van der Waals surface area (Å²) in [6.07, 6.45) is 4.92. The lowest BCUT2D eigenvalue weighted by Crippen LogP contribution is -2.34. The zero-order valence-electron chi connectivity index (χ0n) is 15.9. The van der Waals surface area contributed by atoms with Crippen molar-refractivity contribution in [2.75, 3.05) is 20.3 Å². The normalized spacial score (nSPS) is 13.6. The lowest BCUT2D eigenvalue weighted by molar-refractivity contribution is -0.135. The number of rotatable bonds is 10. The van der Waals surface area contributed by atoms with Gasteiger partial charge in [-0.25, -0.2) is 0 Å². The molecule has 0 unspecified atom stereocenters. The molecule has 0 atom stereocenters. The second-order valence-corrected chi connectivity index (χ2v) is 6.89. The van der Waals surface area contributed by atoms with Crippen molar-refractivity contribution in [3.05, 3.63) is 47.7 Å². The van der Waals surface area contributed by atoms with Gasteiger partial charge in [0.2, 0.25) is 5.91 Å². The maximum absolute atomic E-state index is 12.2. The quantitative estimate of drug-likeness (QED) is 0.694. The van der Waals surface area contributed by atoms with Crippen LogP contribution in [0.25, 0.3) is 0 Å². The van der Waals surface area contributed by atoms with E-state index in [1.54, 1.807) is 11.0 Å². The van der Waals surface area contributed by atoms with E-state index in [0.717, 1.165) is 25.0 Å². The Morgan fingerprint density at radius 3 is 2.85 bits per heavy atom. The second-order valence-electron chi connectivity index (χ2n) is 6.89. The maximum atomic E-state index is 12.2. The molecule has 2 amide bonds. The Hall–Kier alpha value is -2.54. The van der Waals surface area contributed by atoms with Gasteiger partial charge in [-0.1, -0.05) is 6.92 Å². The van der Waals surface area contributed by atoms with Crippen molar-refractivity contribution >= 4 is 11.8 Å². The molecule has 0 radical (unpaired) electrons. The molecule has 1 fully saturated rings. The van der Waals surface area contributed by atoms with Gasteiger partial charge >= 0.3 is 0 Å². The molecular weight excluding hydrogens is 346 g/mol. The molecule has 27 heavy (non-hydrogen) atoms. The van der Waals surface area contributed by atoms with Crippen molar-refractivity contribution in [2.45, 2.75) is 45.3 Å². The minimum Gasteiger partial charge on any atom is -0.454 e. The number of nitrogens with one attached hydrogen (secondary N) is 1. The average Bonchev–Trinajstić information content (AvgIpc) is 3.16. The third kappa shape index (κ3) is 5.23. The molecule has 1 aliphatic rings. The van der Waals surface area contributed by atoms with E-state index in [2.05, 4.69) is 5.32 Å². The number of nitrogens with zero attached hydrogens (tertiary/aromatic N) is 2. The van der Waals surface area contributed by atoms with Crippen molar-refractivity contribution in [3.8, 4) is 0 Å². The molecule has 146 valence electrons. The summed E-state index contributed by atoms with van der Waals surface area (Å²) < 4.78 is 12.7. The third-order valence-corrected chi connectivity index (χ3v) is 4.51. The molecule has 0 spiro atoms. The smallest absolute Gasteiger partial charge is 0.287 e. The highest BCUT2D eigenvalue weighted by Crippen LogP contribution is 2.20. The summed E-state index contributed by atoms with van der Waals surface area (Å²) in [6.45, 7) is 3.83. The predicted molar refractivity (Wildman–Crippen MR) is 100 cm³/mol. The molecule has 2 aromatic heterocycles. The van der Waals surface area contributed by atoms with E-state index in [1.165, 1.54) is 7.11 Å². The van der Waals surface area contributed by atoms with Crippen LogP contribution in [0.2, 0.25) is 0 Å². The summed E-state index contributed by atoms with van der Waals surface area (Å²) in [6, 6.07) is 7.78. The van der Waals surface area contributed by atoms with E-state index in [1.807, 2.05) is 35.9 Å². The van der Waals surface area contributed by atoms with Crippen molar-refractivity contribution in [1.82, 2.24) is 14.8 Å². The van der Waals surface area contributed by atoms with Crippen LogP contribution in [0.3, 0.4) is 0 Å². The zero-order chi connectivity index (χ0) is 19.2. The highest BCUT2D eigenvalue weighted by atomic mass is 16.5. The highest BCUT2D eigenvalue weighted by molar-refractivity contribution is 5.91. The Balaban J connectivity index is 1.64. The van der Waals surface area contributed by atoms with E-state index in [9.17, 15) is 9.59 Å². The van der Waals surface area contributed by atoms with Gasteiger partial charge < -0.3 is 23.9 Å². The number of hydrogen-bond acceptors (Lipinski definition) is 4. The first-order valence-electron chi connectivity index (χ1n) is 9.41. The Kier molecular flexibility index (Phi) is 6.34. The molecule has 0 bridgehead atoms. The van der Waals surface area contributed by atoms with E-state index >= 15 is 0 Å². The number of aromatic nitrogens is 1. The number of methoxy groups -OCH3 is 1. The van der Waals surface area contributed by atoms with Gasteiger partial charge in [0.05, 0.1) is 13.1 Å². The molecule has 0 saturated heterocycles. The zero-order valence-corrected chi connectivity index (χ0v) is 15.9. The lowest BCUT2D eigenvalue weighted by atomic mass is 10.3. The third-order valence-electron chi connectivity index (χ3n) is 4.51. The van der Waals surface area contributed by atoms with Gasteiger partial charge in [-0.05, 0) is 43.5 Å². The topological polar surface area (TPSA) is 76.7 Å². The number of ether oxygens (including phenoxy) is 1. The average molecular weight is 373 g/mol.